The molecule has 1 aromatic heterocycles. The standard InChI is InChI=1S/C18H19N3OS/c22-17(21-20-12-14-6-2-1-3-7-14)13-23-16-10-4-8-15-9-5-11-19-18(15)16/h1-2,4-5,8-12,14H,3,6-7,13H2,(H,21,22). The summed E-state index contributed by atoms with van der Waals surface area (Å²) in [7, 11) is 0. The van der Waals surface area contributed by atoms with Crippen LogP contribution in [-0.4, -0.2) is 22.9 Å². The molecular weight excluding hydrogens is 306 g/mol. The van der Waals surface area contributed by atoms with Gasteiger partial charge in [-0.2, -0.15) is 5.10 Å². The highest BCUT2D eigenvalue weighted by molar-refractivity contribution is 8.00. The van der Waals surface area contributed by atoms with E-state index in [1.54, 1.807) is 6.20 Å². The van der Waals surface area contributed by atoms with Crippen LogP contribution in [0.2, 0.25) is 0 Å². The van der Waals surface area contributed by atoms with Gasteiger partial charge in [0.2, 0.25) is 5.91 Å². The number of nitrogens with zero attached hydrogens (tertiary/aromatic N) is 2. The van der Waals surface area contributed by atoms with Gasteiger partial charge in [-0.3, -0.25) is 9.78 Å². The lowest BCUT2D eigenvalue weighted by molar-refractivity contribution is -0.118. The Morgan fingerprint density at radius 3 is 3.13 bits per heavy atom. The Morgan fingerprint density at radius 1 is 1.35 bits per heavy atom. The SMILES string of the molecule is O=C(CSc1cccc2cccnc12)NN=CC1CC=CCC1. The molecule has 0 spiro atoms. The number of aromatic nitrogens is 1. The molecule has 3 rings (SSSR count). The third-order valence-corrected chi connectivity index (χ3v) is 4.79. The number of thioether (sulfide) groups is 1. The van der Waals surface area contributed by atoms with Gasteiger partial charge >= 0.3 is 0 Å². The van der Waals surface area contributed by atoms with Crippen molar-refractivity contribution in [3.8, 4) is 0 Å². The van der Waals surface area contributed by atoms with Crippen molar-refractivity contribution in [1.82, 2.24) is 10.4 Å². The first-order valence-corrected chi connectivity index (χ1v) is 8.75. The summed E-state index contributed by atoms with van der Waals surface area (Å²) in [5, 5.41) is 5.17. The minimum absolute atomic E-state index is 0.0921. The van der Waals surface area contributed by atoms with Crippen LogP contribution in [0.25, 0.3) is 10.9 Å². The highest BCUT2D eigenvalue weighted by Gasteiger charge is 2.08. The maximum atomic E-state index is 11.9. The predicted octanol–water partition coefficient (Wildman–Crippen LogP) is 3.79. The zero-order valence-corrected chi connectivity index (χ0v) is 13.6. The number of hydrogen-bond donors (Lipinski definition) is 1. The van der Waals surface area contributed by atoms with Gasteiger partial charge < -0.3 is 0 Å². The molecule has 118 valence electrons. The number of fused-ring (bicyclic) bond motifs is 1. The van der Waals surface area contributed by atoms with E-state index in [1.165, 1.54) is 11.8 Å². The highest BCUT2D eigenvalue weighted by Crippen LogP contribution is 2.25. The number of allylic oxidation sites excluding steroid dienone is 2. The van der Waals surface area contributed by atoms with Crippen molar-refractivity contribution in [3.63, 3.8) is 0 Å². The molecule has 1 N–H and O–H groups in total. The van der Waals surface area contributed by atoms with E-state index < -0.39 is 0 Å². The van der Waals surface area contributed by atoms with Gasteiger partial charge in [-0.15, -0.1) is 11.8 Å². The first kappa shape index (κ1) is 15.7. The lowest BCUT2D eigenvalue weighted by atomic mass is 9.96. The summed E-state index contributed by atoms with van der Waals surface area (Å²) in [4.78, 5) is 17.3. The van der Waals surface area contributed by atoms with Crippen LogP contribution in [0, 0.1) is 5.92 Å². The van der Waals surface area contributed by atoms with Crippen molar-refractivity contribution in [1.29, 1.82) is 0 Å². The molecule has 0 bridgehead atoms. The van der Waals surface area contributed by atoms with Crippen LogP contribution < -0.4 is 5.43 Å². The quantitative estimate of drug-likeness (QED) is 0.394. The maximum Gasteiger partial charge on any atom is 0.250 e. The zero-order chi connectivity index (χ0) is 15.9. The minimum Gasteiger partial charge on any atom is -0.272 e. The van der Waals surface area contributed by atoms with Crippen molar-refractivity contribution >= 4 is 34.8 Å². The van der Waals surface area contributed by atoms with E-state index in [4.69, 9.17) is 0 Å². The number of para-hydroxylation sites is 1. The number of pyridine rings is 1. The average molecular weight is 325 g/mol. The Kier molecular flexibility index (Phi) is 5.42. The molecule has 1 aromatic carbocycles. The van der Waals surface area contributed by atoms with Gasteiger partial charge in [-0.1, -0.05) is 30.4 Å². The summed E-state index contributed by atoms with van der Waals surface area (Å²) >= 11 is 1.48. The van der Waals surface area contributed by atoms with Gasteiger partial charge in [-0.05, 0) is 37.3 Å². The number of hydrogen-bond acceptors (Lipinski definition) is 4. The van der Waals surface area contributed by atoms with Crippen LogP contribution in [0.1, 0.15) is 19.3 Å². The summed E-state index contributed by atoms with van der Waals surface area (Å²) in [6.07, 6.45) is 11.2. The molecule has 1 unspecified atom stereocenters. The number of benzene rings is 1. The Balaban J connectivity index is 1.52. The number of rotatable bonds is 5. The number of carbonyl (C=O) groups is 1. The van der Waals surface area contributed by atoms with E-state index in [0.717, 1.165) is 35.1 Å². The molecule has 5 heteroatoms. The molecule has 1 aliphatic carbocycles. The second-order valence-corrected chi connectivity index (χ2v) is 6.49. The van der Waals surface area contributed by atoms with Gasteiger partial charge in [0.25, 0.3) is 0 Å². The lowest BCUT2D eigenvalue weighted by Crippen LogP contribution is -2.20. The molecule has 1 heterocycles. The van der Waals surface area contributed by atoms with Gasteiger partial charge in [0.15, 0.2) is 0 Å². The van der Waals surface area contributed by atoms with E-state index in [2.05, 4.69) is 27.7 Å². The van der Waals surface area contributed by atoms with Crippen LogP contribution in [-0.2, 0) is 4.79 Å². The Hall–Kier alpha value is -2.14. The largest absolute Gasteiger partial charge is 0.272 e. The molecule has 0 fully saturated rings. The predicted molar refractivity (Wildman–Crippen MR) is 95.6 cm³/mol. The van der Waals surface area contributed by atoms with Crippen molar-refractivity contribution in [2.45, 2.75) is 24.2 Å². The molecule has 0 saturated heterocycles. The minimum atomic E-state index is -0.0921. The normalized spacial score (nSPS) is 17.7. The van der Waals surface area contributed by atoms with Crippen LogP contribution in [0.15, 0.2) is 58.7 Å². The molecule has 0 radical (unpaired) electrons. The third kappa shape index (κ3) is 4.42. The Morgan fingerprint density at radius 2 is 2.26 bits per heavy atom. The first-order chi connectivity index (χ1) is 11.3. The third-order valence-electron chi connectivity index (χ3n) is 3.74. The van der Waals surface area contributed by atoms with Crippen molar-refractivity contribution in [2.24, 2.45) is 11.0 Å². The molecule has 1 amide bonds. The topological polar surface area (TPSA) is 54.4 Å². The number of hydrazone groups is 1. The highest BCUT2D eigenvalue weighted by atomic mass is 32.2. The second-order valence-electron chi connectivity index (χ2n) is 5.48. The van der Waals surface area contributed by atoms with E-state index in [0.29, 0.717) is 11.7 Å². The fourth-order valence-corrected chi connectivity index (χ4v) is 3.37. The van der Waals surface area contributed by atoms with Gasteiger partial charge in [0.05, 0.1) is 11.3 Å². The van der Waals surface area contributed by atoms with Crippen molar-refractivity contribution in [2.75, 3.05) is 5.75 Å². The number of carbonyl (C=O) groups excluding carboxylic acids is 1. The molecule has 1 atom stereocenters. The van der Waals surface area contributed by atoms with E-state index in [-0.39, 0.29) is 5.91 Å². The van der Waals surface area contributed by atoms with Gasteiger partial charge in [0.1, 0.15) is 0 Å². The summed E-state index contributed by atoms with van der Waals surface area (Å²) in [6, 6.07) is 9.94. The molecule has 0 saturated carbocycles. The molecule has 23 heavy (non-hydrogen) atoms. The monoisotopic (exact) mass is 325 g/mol. The number of nitrogens with one attached hydrogen (secondary N) is 1. The Labute approximate surface area is 140 Å². The Bertz CT molecular complexity index is 737. The summed E-state index contributed by atoms with van der Waals surface area (Å²) < 4.78 is 0. The summed E-state index contributed by atoms with van der Waals surface area (Å²) in [5.74, 6) is 0.679. The summed E-state index contributed by atoms with van der Waals surface area (Å²) in [5.41, 5.74) is 3.55. The van der Waals surface area contributed by atoms with E-state index >= 15 is 0 Å². The lowest BCUT2D eigenvalue weighted by Gasteiger charge is -2.11. The zero-order valence-electron chi connectivity index (χ0n) is 12.8. The maximum absolute atomic E-state index is 11.9. The van der Waals surface area contributed by atoms with Crippen LogP contribution in [0.5, 0.6) is 0 Å². The summed E-state index contributed by atoms with van der Waals surface area (Å²) in [6.45, 7) is 0. The first-order valence-electron chi connectivity index (χ1n) is 7.76. The molecule has 1 aliphatic rings. The van der Waals surface area contributed by atoms with E-state index in [9.17, 15) is 4.79 Å². The average Bonchev–Trinajstić information content (AvgIpc) is 2.61. The number of amides is 1. The van der Waals surface area contributed by atoms with E-state index in [1.807, 2.05) is 36.5 Å². The second kappa shape index (κ2) is 7.92. The fourth-order valence-electron chi connectivity index (χ4n) is 2.54. The van der Waals surface area contributed by atoms with Gasteiger partial charge in [-0.25, -0.2) is 5.43 Å². The molecule has 4 nitrogen and oxygen atoms in total. The molecular formula is C18H19N3OS. The van der Waals surface area contributed by atoms with Crippen LogP contribution >= 0.6 is 11.8 Å². The molecule has 2 aromatic rings. The van der Waals surface area contributed by atoms with Gasteiger partial charge in [0, 0.05) is 22.7 Å². The molecule has 0 aliphatic heterocycles. The smallest absolute Gasteiger partial charge is 0.250 e. The van der Waals surface area contributed by atoms with Crippen LogP contribution in [0.3, 0.4) is 0 Å². The van der Waals surface area contributed by atoms with Crippen molar-refractivity contribution in [3.05, 3.63) is 48.7 Å². The van der Waals surface area contributed by atoms with Crippen LogP contribution in [0.4, 0.5) is 0 Å². The fraction of sp³-hybridized carbons (Fsp3) is 0.278. The van der Waals surface area contributed by atoms with Crippen molar-refractivity contribution < 1.29 is 4.79 Å².